The van der Waals surface area contributed by atoms with Gasteiger partial charge in [0, 0.05) is 0 Å². The zero-order chi connectivity index (χ0) is 19.9. The third kappa shape index (κ3) is 16.1. The average Bonchev–Trinajstić information content (AvgIpc) is 2.53. The topological polar surface area (TPSA) is 57.2 Å². The minimum atomic E-state index is -4.13. The smallest absolute Gasteiger partial charge is 0.100 e. The van der Waals surface area contributed by atoms with Crippen LogP contribution in [0.1, 0.15) is 104 Å². The molecule has 0 aliphatic heterocycles. The highest BCUT2D eigenvalue weighted by atomic mass is 32.2. The van der Waals surface area contributed by atoms with Crippen molar-refractivity contribution in [2.45, 2.75) is 110 Å². The van der Waals surface area contributed by atoms with Crippen molar-refractivity contribution in [1.29, 1.82) is 0 Å². The summed E-state index contributed by atoms with van der Waals surface area (Å²) in [6, 6.07) is -0.139. The highest BCUT2D eigenvalue weighted by Crippen LogP contribution is 2.15. The van der Waals surface area contributed by atoms with Crippen molar-refractivity contribution in [2.24, 2.45) is 0 Å². The van der Waals surface area contributed by atoms with E-state index in [1.165, 1.54) is 83.5 Å². The molecule has 0 rings (SSSR count). The molecule has 0 heterocycles. The van der Waals surface area contributed by atoms with Gasteiger partial charge in [-0.3, -0.25) is 0 Å². The fourth-order valence-corrected chi connectivity index (χ4v) is 4.43. The zero-order valence-corrected chi connectivity index (χ0v) is 18.8. The molecule has 0 aromatic heterocycles. The molecule has 0 aromatic carbocycles. The van der Waals surface area contributed by atoms with Crippen molar-refractivity contribution in [3.05, 3.63) is 0 Å². The van der Waals surface area contributed by atoms with Crippen LogP contribution in [0.2, 0.25) is 0 Å². The van der Waals surface area contributed by atoms with E-state index in [9.17, 15) is 13.0 Å². The highest BCUT2D eigenvalue weighted by molar-refractivity contribution is 7.85. The van der Waals surface area contributed by atoms with Gasteiger partial charge in [0.05, 0.1) is 32.4 Å². The first-order chi connectivity index (χ1) is 12.2. The maximum atomic E-state index is 10.9. The van der Waals surface area contributed by atoms with E-state index in [-0.39, 0.29) is 11.8 Å². The van der Waals surface area contributed by atoms with Gasteiger partial charge in [-0.15, -0.1) is 0 Å². The molecule has 5 heteroatoms. The van der Waals surface area contributed by atoms with Crippen LogP contribution in [0, 0.1) is 0 Å². The van der Waals surface area contributed by atoms with E-state index in [0.717, 1.165) is 13.0 Å². The molecule has 1 unspecified atom stereocenters. The van der Waals surface area contributed by atoms with Gasteiger partial charge in [-0.2, -0.15) is 0 Å². The van der Waals surface area contributed by atoms with Crippen LogP contribution in [-0.4, -0.2) is 49.9 Å². The summed E-state index contributed by atoms with van der Waals surface area (Å²) in [6.07, 6.45) is 18.8. The lowest BCUT2D eigenvalue weighted by Crippen LogP contribution is -2.50. The summed E-state index contributed by atoms with van der Waals surface area (Å²) in [5.74, 6) is -0.265. The summed E-state index contributed by atoms with van der Waals surface area (Å²) in [5.41, 5.74) is 0. The lowest BCUT2D eigenvalue weighted by atomic mass is 10.0. The van der Waals surface area contributed by atoms with Crippen LogP contribution in [0.5, 0.6) is 0 Å². The molecule has 0 saturated carbocycles. The Hall–Kier alpha value is -0.130. The predicted octanol–water partition coefficient (Wildman–Crippen LogP) is 5.48. The molecule has 1 atom stereocenters. The summed E-state index contributed by atoms with van der Waals surface area (Å²) in [7, 11) is -0.0789. The first kappa shape index (κ1) is 25.9. The first-order valence-corrected chi connectivity index (χ1v) is 12.5. The number of unbranched alkanes of at least 4 members (excludes halogenated alkanes) is 13. The standard InChI is InChI=1S/C21H45NO3S/c1-5-6-7-8-9-10-11-12-13-14-15-16-17-18-19-22(3,4)21(2)20-26(23,24)25/h21H,5-20H2,1-4H3. The van der Waals surface area contributed by atoms with E-state index < -0.39 is 10.1 Å². The van der Waals surface area contributed by atoms with Crippen molar-refractivity contribution in [3.63, 3.8) is 0 Å². The van der Waals surface area contributed by atoms with Crippen LogP contribution < -0.4 is 0 Å². The van der Waals surface area contributed by atoms with Gasteiger partial charge in [0.1, 0.15) is 10.1 Å². The van der Waals surface area contributed by atoms with Gasteiger partial charge >= 0.3 is 0 Å². The predicted molar refractivity (Wildman–Crippen MR) is 111 cm³/mol. The van der Waals surface area contributed by atoms with Gasteiger partial charge in [-0.1, -0.05) is 84.0 Å². The maximum absolute atomic E-state index is 10.9. The summed E-state index contributed by atoms with van der Waals surface area (Å²) in [5, 5.41) is 0. The van der Waals surface area contributed by atoms with Gasteiger partial charge in [0.2, 0.25) is 0 Å². The average molecular weight is 392 g/mol. The monoisotopic (exact) mass is 391 g/mol. The van der Waals surface area contributed by atoms with Crippen molar-refractivity contribution < 1.29 is 17.5 Å². The third-order valence-electron chi connectivity index (χ3n) is 5.73. The normalized spacial score (nSPS) is 13.9. The zero-order valence-electron chi connectivity index (χ0n) is 18.0. The van der Waals surface area contributed by atoms with Crippen LogP contribution in [0.4, 0.5) is 0 Å². The van der Waals surface area contributed by atoms with Crippen LogP contribution in [-0.2, 0) is 10.1 Å². The van der Waals surface area contributed by atoms with E-state index in [1.54, 1.807) is 0 Å². The van der Waals surface area contributed by atoms with Crippen molar-refractivity contribution >= 4 is 10.1 Å². The molecule has 0 aromatic rings. The minimum absolute atomic E-state index is 0.139. The molecule has 158 valence electrons. The largest absolute Gasteiger partial charge is 0.748 e. The van der Waals surface area contributed by atoms with E-state index in [0.29, 0.717) is 4.48 Å². The molecule has 0 amide bonds. The Morgan fingerprint density at radius 1 is 0.731 bits per heavy atom. The molecule has 0 fully saturated rings. The molecular formula is C21H45NO3S. The van der Waals surface area contributed by atoms with Crippen LogP contribution in [0.3, 0.4) is 0 Å². The van der Waals surface area contributed by atoms with Crippen LogP contribution in [0.15, 0.2) is 0 Å². The molecule has 0 N–H and O–H groups in total. The quantitative estimate of drug-likeness (QED) is 0.177. The Morgan fingerprint density at radius 3 is 1.42 bits per heavy atom. The van der Waals surface area contributed by atoms with Crippen molar-refractivity contribution in [2.75, 3.05) is 26.4 Å². The Balaban J connectivity index is 3.47. The number of nitrogens with zero attached hydrogens (tertiary/aromatic N) is 1. The Labute approximate surface area is 164 Å². The number of hydrogen-bond acceptors (Lipinski definition) is 3. The van der Waals surface area contributed by atoms with E-state index in [2.05, 4.69) is 6.92 Å². The summed E-state index contributed by atoms with van der Waals surface area (Å²) < 4.78 is 33.4. The number of quaternary nitrogens is 1. The molecule has 0 spiro atoms. The number of hydrogen-bond donors (Lipinski definition) is 0. The van der Waals surface area contributed by atoms with E-state index in [1.807, 2.05) is 21.0 Å². The number of rotatable bonds is 18. The fraction of sp³-hybridized carbons (Fsp3) is 1.00. The van der Waals surface area contributed by atoms with Crippen LogP contribution in [0.25, 0.3) is 0 Å². The molecular weight excluding hydrogens is 346 g/mol. The highest BCUT2D eigenvalue weighted by Gasteiger charge is 2.25. The van der Waals surface area contributed by atoms with Crippen LogP contribution >= 0.6 is 0 Å². The molecule has 0 saturated heterocycles. The maximum Gasteiger partial charge on any atom is 0.100 e. The lowest BCUT2D eigenvalue weighted by Gasteiger charge is -2.36. The Kier molecular flexibility index (Phi) is 14.8. The second kappa shape index (κ2) is 14.9. The summed E-state index contributed by atoms with van der Waals surface area (Å²) >= 11 is 0. The molecule has 0 bridgehead atoms. The first-order valence-electron chi connectivity index (χ1n) is 11.0. The third-order valence-corrected chi connectivity index (χ3v) is 6.62. The van der Waals surface area contributed by atoms with Gasteiger partial charge in [0.15, 0.2) is 0 Å². The molecule has 26 heavy (non-hydrogen) atoms. The fourth-order valence-electron chi connectivity index (χ4n) is 3.43. The van der Waals surface area contributed by atoms with Gasteiger partial charge in [-0.25, -0.2) is 8.42 Å². The molecule has 0 aliphatic carbocycles. The van der Waals surface area contributed by atoms with Crippen molar-refractivity contribution in [1.82, 2.24) is 0 Å². The van der Waals surface area contributed by atoms with E-state index in [4.69, 9.17) is 0 Å². The van der Waals surface area contributed by atoms with Crippen molar-refractivity contribution in [3.8, 4) is 0 Å². The van der Waals surface area contributed by atoms with E-state index >= 15 is 0 Å². The summed E-state index contributed by atoms with van der Waals surface area (Å²) in [6.45, 7) is 5.07. The lowest BCUT2D eigenvalue weighted by molar-refractivity contribution is -0.910. The minimum Gasteiger partial charge on any atom is -0.748 e. The second-order valence-electron chi connectivity index (χ2n) is 8.67. The molecule has 0 radical (unpaired) electrons. The van der Waals surface area contributed by atoms with Gasteiger partial charge in [0.25, 0.3) is 0 Å². The molecule has 0 aliphatic rings. The Bertz CT molecular complexity index is 421. The Morgan fingerprint density at radius 2 is 1.08 bits per heavy atom. The summed E-state index contributed by atoms with van der Waals surface area (Å²) in [4.78, 5) is 0. The second-order valence-corrected chi connectivity index (χ2v) is 10.1. The van der Waals surface area contributed by atoms with Gasteiger partial charge in [-0.05, 0) is 19.8 Å². The molecule has 4 nitrogen and oxygen atoms in total. The SMILES string of the molecule is CCCCCCCCCCCCCCCC[N+](C)(C)C(C)CS(=O)(=O)[O-]. The van der Waals surface area contributed by atoms with Gasteiger partial charge < -0.3 is 9.04 Å².